The first-order chi connectivity index (χ1) is 14.2. The van der Waals surface area contributed by atoms with E-state index in [9.17, 15) is 9.90 Å². The maximum absolute atomic E-state index is 12.6. The molecule has 1 saturated heterocycles. The SMILES string of the molecule is CCCCCCCC(=O)N[C@H](C[NH+]1CCCC1)[C@H](O)c1ccc2c(c1)OCCO2. The minimum Gasteiger partial charge on any atom is -0.486 e. The molecular weight excluding hydrogens is 368 g/mol. The van der Waals surface area contributed by atoms with Gasteiger partial charge in [0.1, 0.15) is 31.9 Å². The van der Waals surface area contributed by atoms with E-state index in [4.69, 9.17) is 9.47 Å². The van der Waals surface area contributed by atoms with Crippen LogP contribution in [-0.4, -0.2) is 49.9 Å². The van der Waals surface area contributed by atoms with Gasteiger partial charge in [0.25, 0.3) is 0 Å². The van der Waals surface area contributed by atoms with Crippen LogP contribution in [0.1, 0.15) is 70.0 Å². The molecule has 6 nitrogen and oxygen atoms in total. The van der Waals surface area contributed by atoms with Crippen molar-refractivity contribution in [2.75, 3.05) is 32.8 Å². The standard InChI is InChI=1S/C23H36N2O4/c1-2-3-4-5-6-9-22(26)24-19(17-25-12-7-8-13-25)23(27)18-10-11-20-21(16-18)29-15-14-28-20/h10-11,16,19,23,27H,2-9,12-15,17H2,1H3,(H,24,26)/p+1/t19-,23-/m1/s1. The lowest BCUT2D eigenvalue weighted by Crippen LogP contribution is -3.11. The maximum atomic E-state index is 12.6. The number of amides is 1. The van der Waals surface area contributed by atoms with E-state index in [2.05, 4.69) is 12.2 Å². The van der Waals surface area contributed by atoms with Crippen LogP contribution in [0.5, 0.6) is 11.5 Å². The molecule has 162 valence electrons. The van der Waals surface area contributed by atoms with Crippen LogP contribution in [0.4, 0.5) is 0 Å². The Morgan fingerprint density at radius 1 is 1.10 bits per heavy atom. The number of unbranched alkanes of at least 4 members (excludes halogenated alkanes) is 4. The van der Waals surface area contributed by atoms with Gasteiger partial charge < -0.3 is 24.8 Å². The third-order valence-corrected chi connectivity index (χ3v) is 5.96. The summed E-state index contributed by atoms with van der Waals surface area (Å²) in [5.41, 5.74) is 0.765. The summed E-state index contributed by atoms with van der Waals surface area (Å²) in [5, 5.41) is 14.2. The number of quaternary nitrogens is 1. The molecule has 1 fully saturated rings. The van der Waals surface area contributed by atoms with Gasteiger partial charge >= 0.3 is 0 Å². The van der Waals surface area contributed by atoms with Crippen LogP contribution in [-0.2, 0) is 4.79 Å². The molecule has 3 N–H and O–H groups in total. The number of hydrogen-bond donors (Lipinski definition) is 3. The van der Waals surface area contributed by atoms with Gasteiger partial charge in [-0.25, -0.2) is 0 Å². The molecule has 0 spiro atoms. The Morgan fingerprint density at radius 2 is 1.83 bits per heavy atom. The third kappa shape index (κ3) is 6.61. The van der Waals surface area contributed by atoms with Crippen molar-refractivity contribution in [3.05, 3.63) is 23.8 Å². The van der Waals surface area contributed by atoms with Crippen LogP contribution in [0.3, 0.4) is 0 Å². The highest BCUT2D eigenvalue weighted by molar-refractivity contribution is 5.76. The fourth-order valence-corrected chi connectivity index (χ4v) is 4.28. The number of benzene rings is 1. The summed E-state index contributed by atoms with van der Waals surface area (Å²) < 4.78 is 11.2. The Kier molecular flexibility index (Phi) is 8.62. The van der Waals surface area contributed by atoms with E-state index in [0.29, 0.717) is 31.1 Å². The van der Waals surface area contributed by atoms with E-state index in [1.807, 2.05) is 18.2 Å². The summed E-state index contributed by atoms with van der Waals surface area (Å²) in [5.74, 6) is 1.43. The van der Waals surface area contributed by atoms with E-state index in [1.54, 1.807) is 0 Å². The molecule has 29 heavy (non-hydrogen) atoms. The van der Waals surface area contributed by atoms with Crippen LogP contribution < -0.4 is 19.7 Å². The molecule has 2 heterocycles. The van der Waals surface area contributed by atoms with Crippen molar-refractivity contribution in [3.8, 4) is 11.5 Å². The topological polar surface area (TPSA) is 72.2 Å². The second-order valence-corrected chi connectivity index (χ2v) is 8.35. The zero-order chi connectivity index (χ0) is 20.5. The molecule has 2 aliphatic rings. The van der Waals surface area contributed by atoms with Gasteiger partial charge in [-0.15, -0.1) is 0 Å². The van der Waals surface area contributed by atoms with Crippen molar-refractivity contribution in [1.82, 2.24) is 5.32 Å². The lowest BCUT2D eigenvalue weighted by molar-refractivity contribution is -0.889. The molecule has 2 atom stereocenters. The Balaban J connectivity index is 1.61. The first-order valence-corrected chi connectivity index (χ1v) is 11.4. The van der Waals surface area contributed by atoms with Gasteiger partial charge in [-0.3, -0.25) is 4.79 Å². The van der Waals surface area contributed by atoms with Gasteiger partial charge in [-0.1, -0.05) is 38.7 Å². The molecule has 2 aliphatic heterocycles. The molecule has 0 unspecified atom stereocenters. The van der Waals surface area contributed by atoms with Crippen LogP contribution in [0, 0.1) is 0 Å². The molecule has 6 heteroatoms. The fraction of sp³-hybridized carbons (Fsp3) is 0.696. The summed E-state index contributed by atoms with van der Waals surface area (Å²) in [4.78, 5) is 14.0. The number of aliphatic hydroxyl groups excluding tert-OH is 1. The average Bonchev–Trinajstić information content (AvgIpc) is 3.25. The molecular formula is C23H37N2O4+. The fourth-order valence-electron chi connectivity index (χ4n) is 4.28. The van der Waals surface area contributed by atoms with E-state index >= 15 is 0 Å². The lowest BCUT2D eigenvalue weighted by atomic mass is 10.0. The van der Waals surface area contributed by atoms with Gasteiger partial charge in [0.05, 0.1) is 13.1 Å². The highest BCUT2D eigenvalue weighted by atomic mass is 16.6. The van der Waals surface area contributed by atoms with Crippen molar-refractivity contribution < 1.29 is 24.3 Å². The minimum atomic E-state index is -0.761. The van der Waals surface area contributed by atoms with Crippen molar-refractivity contribution in [2.45, 2.75) is 70.4 Å². The molecule has 0 bridgehead atoms. The molecule has 1 aromatic carbocycles. The minimum absolute atomic E-state index is 0.0432. The highest BCUT2D eigenvalue weighted by Crippen LogP contribution is 2.33. The molecule has 0 saturated carbocycles. The summed E-state index contributed by atoms with van der Waals surface area (Å²) in [6.45, 7) is 6.22. The van der Waals surface area contributed by atoms with Crippen LogP contribution >= 0.6 is 0 Å². The number of ether oxygens (including phenoxy) is 2. The normalized spacial score (nSPS) is 18.4. The number of carbonyl (C=O) groups excluding carboxylic acids is 1. The predicted molar refractivity (Wildman–Crippen MR) is 112 cm³/mol. The van der Waals surface area contributed by atoms with E-state index in [0.717, 1.165) is 38.0 Å². The van der Waals surface area contributed by atoms with Gasteiger partial charge in [-0.05, 0) is 24.1 Å². The summed E-state index contributed by atoms with van der Waals surface area (Å²) in [6, 6.07) is 5.28. The zero-order valence-electron chi connectivity index (χ0n) is 17.8. The number of rotatable bonds is 11. The van der Waals surface area contributed by atoms with Crippen molar-refractivity contribution >= 4 is 5.91 Å². The Hall–Kier alpha value is -1.79. The molecule has 0 aromatic heterocycles. The van der Waals surface area contributed by atoms with E-state index in [-0.39, 0.29) is 11.9 Å². The average molecular weight is 406 g/mol. The Morgan fingerprint density at radius 3 is 2.59 bits per heavy atom. The smallest absolute Gasteiger partial charge is 0.220 e. The number of likely N-dealkylation sites (tertiary alicyclic amines) is 1. The van der Waals surface area contributed by atoms with Crippen LogP contribution in [0.15, 0.2) is 18.2 Å². The number of hydrogen-bond acceptors (Lipinski definition) is 4. The first kappa shape index (κ1) is 21.9. The van der Waals surface area contributed by atoms with Crippen molar-refractivity contribution in [3.63, 3.8) is 0 Å². The number of fused-ring (bicyclic) bond motifs is 1. The Bertz CT molecular complexity index is 646. The Labute approximate surface area is 174 Å². The third-order valence-electron chi connectivity index (χ3n) is 5.96. The molecule has 0 aliphatic carbocycles. The van der Waals surface area contributed by atoms with Crippen molar-refractivity contribution in [1.29, 1.82) is 0 Å². The summed E-state index contributed by atoms with van der Waals surface area (Å²) in [7, 11) is 0. The molecule has 1 amide bonds. The zero-order valence-corrected chi connectivity index (χ0v) is 17.8. The summed E-state index contributed by atoms with van der Waals surface area (Å²) in [6.07, 6.45) is 7.82. The van der Waals surface area contributed by atoms with Crippen LogP contribution in [0.2, 0.25) is 0 Å². The van der Waals surface area contributed by atoms with Gasteiger partial charge in [0, 0.05) is 19.3 Å². The van der Waals surface area contributed by atoms with Crippen molar-refractivity contribution in [2.24, 2.45) is 0 Å². The second-order valence-electron chi connectivity index (χ2n) is 8.35. The maximum Gasteiger partial charge on any atom is 0.220 e. The first-order valence-electron chi connectivity index (χ1n) is 11.4. The van der Waals surface area contributed by atoms with Gasteiger partial charge in [0.15, 0.2) is 11.5 Å². The van der Waals surface area contributed by atoms with Gasteiger partial charge in [0.2, 0.25) is 5.91 Å². The van der Waals surface area contributed by atoms with E-state index < -0.39 is 6.10 Å². The molecule has 3 rings (SSSR count). The largest absolute Gasteiger partial charge is 0.486 e. The number of aliphatic hydroxyl groups is 1. The lowest BCUT2D eigenvalue weighted by Gasteiger charge is -2.28. The molecule has 0 radical (unpaired) electrons. The monoisotopic (exact) mass is 405 g/mol. The number of carbonyl (C=O) groups is 1. The summed E-state index contributed by atoms with van der Waals surface area (Å²) >= 11 is 0. The van der Waals surface area contributed by atoms with E-state index in [1.165, 1.54) is 37.0 Å². The quantitative estimate of drug-likeness (QED) is 0.493. The predicted octanol–water partition coefficient (Wildman–Crippen LogP) is 2.02. The van der Waals surface area contributed by atoms with Gasteiger partial charge in [-0.2, -0.15) is 0 Å². The highest BCUT2D eigenvalue weighted by Gasteiger charge is 2.29. The second kappa shape index (κ2) is 11.4. The van der Waals surface area contributed by atoms with Crippen LogP contribution in [0.25, 0.3) is 0 Å². The molecule has 1 aromatic rings. The number of nitrogens with one attached hydrogen (secondary N) is 2.